The van der Waals surface area contributed by atoms with Crippen molar-refractivity contribution < 1.29 is 9.59 Å². The Kier molecular flexibility index (Phi) is 4.91. The molecule has 1 heterocycles. The van der Waals surface area contributed by atoms with E-state index in [1.807, 2.05) is 0 Å². The molecule has 17 heavy (non-hydrogen) atoms. The van der Waals surface area contributed by atoms with Gasteiger partial charge >= 0.3 is 0 Å². The van der Waals surface area contributed by atoms with Crippen LogP contribution in [-0.4, -0.2) is 23.3 Å². The normalized spacial score (nSPS) is 19.2. The number of amides is 2. The van der Waals surface area contributed by atoms with E-state index in [1.54, 1.807) is 0 Å². The van der Waals surface area contributed by atoms with Crippen molar-refractivity contribution in [2.45, 2.75) is 40.5 Å². The molecular formula is C14H23NO2. The van der Waals surface area contributed by atoms with E-state index >= 15 is 0 Å². The monoisotopic (exact) mass is 237 g/mol. The summed E-state index contributed by atoms with van der Waals surface area (Å²) in [6.45, 7) is 9.29. The summed E-state index contributed by atoms with van der Waals surface area (Å²) in [5.74, 6) is 1.22. The van der Waals surface area contributed by atoms with E-state index in [0.29, 0.717) is 24.3 Å². The minimum absolute atomic E-state index is 0.168. The molecule has 0 aliphatic carbocycles. The van der Waals surface area contributed by atoms with Gasteiger partial charge in [-0.3, -0.25) is 14.5 Å². The van der Waals surface area contributed by atoms with Crippen molar-refractivity contribution >= 4 is 11.8 Å². The van der Waals surface area contributed by atoms with Crippen LogP contribution >= 0.6 is 0 Å². The van der Waals surface area contributed by atoms with Crippen LogP contribution in [0.5, 0.6) is 0 Å². The van der Waals surface area contributed by atoms with Crippen molar-refractivity contribution in [1.82, 2.24) is 4.90 Å². The van der Waals surface area contributed by atoms with Crippen LogP contribution in [0.15, 0.2) is 12.2 Å². The first kappa shape index (κ1) is 13.9. The molecule has 0 fully saturated rings. The quantitative estimate of drug-likeness (QED) is 0.666. The molecule has 1 aliphatic rings. The van der Waals surface area contributed by atoms with E-state index in [9.17, 15) is 9.59 Å². The largest absolute Gasteiger partial charge is 0.275 e. The summed E-state index contributed by atoms with van der Waals surface area (Å²) in [5.41, 5.74) is 0. The molecule has 0 saturated heterocycles. The van der Waals surface area contributed by atoms with Crippen LogP contribution in [0.1, 0.15) is 40.5 Å². The van der Waals surface area contributed by atoms with Gasteiger partial charge in [0.25, 0.3) is 11.8 Å². The second kappa shape index (κ2) is 5.99. The summed E-state index contributed by atoms with van der Waals surface area (Å²) in [7, 11) is 0. The van der Waals surface area contributed by atoms with Crippen LogP contribution in [0.4, 0.5) is 0 Å². The Balaban J connectivity index is 2.57. The maximum Gasteiger partial charge on any atom is 0.253 e. The third-order valence-corrected chi connectivity index (χ3v) is 4.06. The molecule has 0 N–H and O–H groups in total. The van der Waals surface area contributed by atoms with E-state index in [1.165, 1.54) is 17.1 Å². The Hall–Kier alpha value is -1.12. The number of nitrogens with zero attached hydrogens (tertiary/aromatic N) is 1. The van der Waals surface area contributed by atoms with Crippen molar-refractivity contribution in [1.29, 1.82) is 0 Å². The van der Waals surface area contributed by atoms with E-state index in [4.69, 9.17) is 0 Å². The zero-order valence-electron chi connectivity index (χ0n) is 11.3. The van der Waals surface area contributed by atoms with Crippen molar-refractivity contribution in [2.24, 2.45) is 17.8 Å². The lowest BCUT2D eigenvalue weighted by Gasteiger charge is -2.29. The van der Waals surface area contributed by atoms with Crippen molar-refractivity contribution in [3.05, 3.63) is 12.2 Å². The highest BCUT2D eigenvalue weighted by atomic mass is 16.2. The predicted molar refractivity (Wildman–Crippen MR) is 68.3 cm³/mol. The number of hydrogen-bond acceptors (Lipinski definition) is 2. The van der Waals surface area contributed by atoms with Crippen LogP contribution < -0.4 is 0 Å². The predicted octanol–water partition coefficient (Wildman–Crippen LogP) is 2.62. The third kappa shape index (κ3) is 3.18. The Morgan fingerprint density at radius 3 is 1.94 bits per heavy atom. The molecule has 0 spiro atoms. The highest BCUT2D eigenvalue weighted by Gasteiger charge is 2.28. The lowest BCUT2D eigenvalue weighted by atomic mass is 9.80. The minimum Gasteiger partial charge on any atom is -0.275 e. The van der Waals surface area contributed by atoms with Crippen LogP contribution in [-0.2, 0) is 9.59 Å². The number of carbonyl (C=O) groups is 2. The zero-order valence-corrected chi connectivity index (χ0v) is 11.3. The zero-order chi connectivity index (χ0) is 13.0. The van der Waals surface area contributed by atoms with Crippen LogP contribution in [0.3, 0.4) is 0 Å². The Morgan fingerprint density at radius 1 is 1.06 bits per heavy atom. The SMILES string of the molecule is CCC(CC)C(C)C(C)CN1C(=O)C=CC1=O. The average molecular weight is 237 g/mol. The number of imide groups is 1. The van der Waals surface area contributed by atoms with E-state index in [-0.39, 0.29) is 11.8 Å². The molecule has 0 bridgehead atoms. The minimum atomic E-state index is -0.168. The van der Waals surface area contributed by atoms with Crippen LogP contribution in [0.2, 0.25) is 0 Å². The average Bonchev–Trinajstić information content (AvgIpc) is 2.62. The maximum absolute atomic E-state index is 11.5. The fourth-order valence-electron chi connectivity index (χ4n) is 2.56. The Bertz CT molecular complexity index is 300. The first-order valence-electron chi connectivity index (χ1n) is 6.54. The summed E-state index contributed by atoms with van der Waals surface area (Å²) in [6.07, 6.45) is 5.03. The van der Waals surface area contributed by atoms with Crippen LogP contribution in [0, 0.1) is 17.8 Å². The number of rotatable bonds is 6. The first-order chi connectivity index (χ1) is 8.01. The van der Waals surface area contributed by atoms with E-state index in [2.05, 4.69) is 27.7 Å². The smallest absolute Gasteiger partial charge is 0.253 e. The fraction of sp³-hybridized carbons (Fsp3) is 0.714. The van der Waals surface area contributed by atoms with Gasteiger partial charge in [-0.2, -0.15) is 0 Å². The van der Waals surface area contributed by atoms with Gasteiger partial charge in [-0.05, 0) is 17.8 Å². The summed E-state index contributed by atoms with van der Waals surface area (Å²) >= 11 is 0. The molecule has 96 valence electrons. The number of carbonyl (C=O) groups excluding carboxylic acids is 2. The second-order valence-corrected chi connectivity index (χ2v) is 5.03. The maximum atomic E-state index is 11.5. The van der Waals surface area contributed by atoms with Crippen LogP contribution in [0.25, 0.3) is 0 Å². The second-order valence-electron chi connectivity index (χ2n) is 5.03. The molecule has 0 radical (unpaired) electrons. The molecule has 0 aromatic heterocycles. The molecule has 3 nitrogen and oxygen atoms in total. The van der Waals surface area contributed by atoms with Gasteiger partial charge in [0.2, 0.25) is 0 Å². The topological polar surface area (TPSA) is 37.4 Å². The van der Waals surface area contributed by atoms with Gasteiger partial charge in [-0.15, -0.1) is 0 Å². The molecular weight excluding hydrogens is 214 g/mol. The van der Waals surface area contributed by atoms with Gasteiger partial charge in [0.15, 0.2) is 0 Å². The molecule has 2 amide bonds. The standard InChI is InChI=1S/C14H23NO2/c1-5-12(6-2)11(4)10(3)9-15-13(16)7-8-14(15)17/h7-8,10-12H,5-6,9H2,1-4H3. The summed E-state index contributed by atoms with van der Waals surface area (Å²) in [4.78, 5) is 24.3. The molecule has 2 unspecified atom stereocenters. The third-order valence-electron chi connectivity index (χ3n) is 4.06. The molecule has 1 aliphatic heterocycles. The van der Waals surface area contributed by atoms with Gasteiger partial charge in [-0.1, -0.05) is 40.5 Å². The van der Waals surface area contributed by atoms with Gasteiger partial charge in [0, 0.05) is 18.7 Å². The molecule has 0 aromatic carbocycles. The lowest BCUT2D eigenvalue weighted by molar-refractivity contribution is -0.137. The number of hydrogen-bond donors (Lipinski definition) is 0. The van der Waals surface area contributed by atoms with Gasteiger partial charge in [0.1, 0.15) is 0 Å². The summed E-state index contributed by atoms with van der Waals surface area (Å²) in [6, 6.07) is 0. The van der Waals surface area contributed by atoms with Gasteiger partial charge in [-0.25, -0.2) is 0 Å². The molecule has 0 saturated carbocycles. The van der Waals surface area contributed by atoms with E-state index < -0.39 is 0 Å². The van der Waals surface area contributed by atoms with Crippen molar-refractivity contribution in [3.8, 4) is 0 Å². The lowest BCUT2D eigenvalue weighted by Crippen LogP contribution is -2.37. The first-order valence-corrected chi connectivity index (χ1v) is 6.54. The van der Waals surface area contributed by atoms with Crippen molar-refractivity contribution in [2.75, 3.05) is 6.54 Å². The fourth-order valence-corrected chi connectivity index (χ4v) is 2.56. The van der Waals surface area contributed by atoms with Gasteiger partial charge < -0.3 is 0 Å². The van der Waals surface area contributed by atoms with Gasteiger partial charge in [0.05, 0.1) is 0 Å². The molecule has 2 atom stereocenters. The Morgan fingerprint density at radius 2 is 1.53 bits per heavy atom. The molecule has 0 aromatic rings. The highest BCUT2D eigenvalue weighted by molar-refractivity contribution is 6.12. The molecule has 1 rings (SSSR count). The Labute approximate surface area is 104 Å². The highest BCUT2D eigenvalue weighted by Crippen LogP contribution is 2.27. The van der Waals surface area contributed by atoms with Crippen molar-refractivity contribution in [3.63, 3.8) is 0 Å². The summed E-state index contributed by atoms with van der Waals surface area (Å²) in [5, 5.41) is 0. The summed E-state index contributed by atoms with van der Waals surface area (Å²) < 4.78 is 0. The van der Waals surface area contributed by atoms with E-state index in [0.717, 1.165) is 12.8 Å². The molecule has 3 heteroatoms.